The zero-order chi connectivity index (χ0) is 12.1. The number of rotatable bonds is 4. The molecule has 2 N–H and O–H groups in total. The monoisotopic (exact) mass is 346 g/mol. The maximum Gasteiger partial charge on any atom is 0.0621 e. The molecule has 0 spiro atoms. The Morgan fingerprint density at radius 1 is 1.47 bits per heavy atom. The first-order valence-corrected chi connectivity index (χ1v) is 7.15. The first-order valence-electron chi connectivity index (χ1n) is 6.07. The summed E-state index contributed by atoms with van der Waals surface area (Å²) in [4.78, 5) is 0. The molecule has 1 aromatic rings. The van der Waals surface area contributed by atoms with Gasteiger partial charge in [-0.15, -0.1) is 0 Å². The third-order valence-electron chi connectivity index (χ3n) is 2.89. The fourth-order valence-corrected chi connectivity index (χ4v) is 2.45. The van der Waals surface area contributed by atoms with E-state index in [1.807, 2.05) is 0 Å². The van der Waals surface area contributed by atoms with Crippen molar-refractivity contribution in [3.05, 3.63) is 27.8 Å². The first kappa shape index (κ1) is 13.1. The van der Waals surface area contributed by atoms with Gasteiger partial charge in [0.1, 0.15) is 0 Å². The third-order valence-corrected chi connectivity index (χ3v) is 3.61. The molecule has 1 fully saturated rings. The van der Waals surface area contributed by atoms with Crippen LogP contribution in [-0.2, 0) is 4.74 Å². The molecule has 2 rings (SSSR count). The SMILES string of the molecule is CC(CC1COCCN1)Nc1ccc(I)cc1. The summed E-state index contributed by atoms with van der Waals surface area (Å²) in [6.45, 7) is 4.86. The molecule has 2 atom stereocenters. The number of morpholine rings is 1. The van der Waals surface area contributed by atoms with E-state index in [4.69, 9.17) is 4.74 Å². The molecule has 1 heterocycles. The molecular formula is C13H19IN2O. The molecule has 0 radical (unpaired) electrons. The minimum absolute atomic E-state index is 0.453. The molecule has 1 saturated heterocycles. The Balaban J connectivity index is 1.79. The lowest BCUT2D eigenvalue weighted by Gasteiger charge is -2.27. The van der Waals surface area contributed by atoms with Gasteiger partial charge in [0.15, 0.2) is 0 Å². The van der Waals surface area contributed by atoms with Crippen LogP contribution in [0, 0.1) is 3.57 Å². The van der Waals surface area contributed by atoms with E-state index < -0.39 is 0 Å². The first-order chi connectivity index (χ1) is 8.24. The summed E-state index contributed by atoms with van der Waals surface area (Å²) < 4.78 is 6.72. The second-order valence-corrected chi connectivity index (χ2v) is 5.76. The van der Waals surface area contributed by atoms with Crippen LogP contribution in [0.3, 0.4) is 0 Å². The zero-order valence-corrected chi connectivity index (χ0v) is 12.2. The number of anilines is 1. The molecule has 0 aliphatic carbocycles. The quantitative estimate of drug-likeness (QED) is 0.822. The predicted octanol–water partition coefficient (Wildman–Crippen LogP) is 2.47. The fraction of sp³-hybridized carbons (Fsp3) is 0.538. The Hall–Kier alpha value is -0.330. The summed E-state index contributed by atoms with van der Waals surface area (Å²) in [5.41, 5.74) is 1.19. The van der Waals surface area contributed by atoms with Crippen molar-refractivity contribution in [2.75, 3.05) is 25.1 Å². The van der Waals surface area contributed by atoms with E-state index in [0.717, 1.165) is 26.2 Å². The van der Waals surface area contributed by atoms with E-state index in [1.165, 1.54) is 9.26 Å². The van der Waals surface area contributed by atoms with E-state index >= 15 is 0 Å². The van der Waals surface area contributed by atoms with Gasteiger partial charge in [-0.05, 0) is 60.2 Å². The molecule has 17 heavy (non-hydrogen) atoms. The molecule has 1 aliphatic rings. The summed E-state index contributed by atoms with van der Waals surface area (Å²) in [5.74, 6) is 0. The predicted molar refractivity (Wildman–Crippen MR) is 79.5 cm³/mol. The van der Waals surface area contributed by atoms with Crippen molar-refractivity contribution >= 4 is 28.3 Å². The van der Waals surface area contributed by atoms with Gasteiger partial charge in [0.25, 0.3) is 0 Å². The van der Waals surface area contributed by atoms with Crippen LogP contribution in [0.25, 0.3) is 0 Å². The Morgan fingerprint density at radius 2 is 2.24 bits per heavy atom. The minimum Gasteiger partial charge on any atom is -0.383 e. The maximum atomic E-state index is 5.46. The van der Waals surface area contributed by atoms with Crippen molar-refractivity contribution < 1.29 is 4.74 Å². The molecule has 94 valence electrons. The van der Waals surface area contributed by atoms with E-state index in [1.54, 1.807) is 0 Å². The van der Waals surface area contributed by atoms with Crippen LogP contribution >= 0.6 is 22.6 Å². The summed E-state index contributed by atoms with van der Waals surface area (Å²) >= 11 is 2.32. The van der Waals surface area contributed by atoms with Gasteiger partial charge in [-0.3, -0.25) is 0 Å². The van der Waals surface area contributed by atoms with Crippen LogP contribution in [0.4, 0.5) is 5.69 Å². The maximum absolute atomic E-state index is 5.46. The Morgan fingerprint density at radius 3 is 2.88 bits per heavy atom. The van der Waals surface area contributed by atoms with Crippen LogP contribution in [0.5, 0.6) is 0 Å². The van der Waals surface area contributed by atoms with Crippen LogP contribution < -0.4 is 10.6 Å². The fourth-order valence-electron chi connectivity index (χ4n) is 2.09. The molecule has 0 aromatic heterocycles. The average molecular weight is 346 g/mol. The lowest BCUT2D eigenvalue weighted by molar-refractivity contribution is 0.0731. The van der Waals surface area contributed by atoms with Gasteiger partial charge in [-0.2, -0.15) is 0 Å². The van der Waals surface area contributed by atoms with Gasteiger partial charge in [0, 0.05) is 27.9 Å². The largest absolute Gasteiger partial charge is 0.383 e. The van der Waals surface area contributed by atoms with E-state index in [2.05, 4.69) is 64.4 Å². The van der Waals surface area contributed by atoms with Crippen LogP contribution in [0.2, 0.25) is 0 Å². The number of ether oxygens (including phenoxy) is 1. The molecule has 0 amide bonds. The molecule has 0 bridgehead atoms. The molecule has 0 saturated carbocycles. The number of hydrogen-bond donors (Lipinski definition) is 2. The normalized spacial score (nSPS) is 22.1. The summed E-state index contributed by atoms with van der Waals surface area (Å²) in [6.07, 6.45) is 1.09. The lowest BCUT2D eigenvalue weighted by atomic mass is 10.1. The number of benzene rings is 1. The van der Waals surface area contributed by atoms with Crippen LogP contribution in [-0.4, -0.2) is 31.8 Å². The van der Waals surface area contributed by atoms with E-state index in [-0.39, 0.29) is 0 Å². The Bertz CT molecular complexity index is 336. The molecule has 2 unspecified atom stereocenters. The van der Waals surface area contributed by atoms with Crippen LogP contribution in [0.15, 0.2) is 24.3 Å². The van der Waals surface area contributed by atoms with Gasteiger partial charge in [-0.25, -0.2) is 0 Å². The zero-order valence-electron chi connectivity index (χ0n) is 10.1. The summed E-state index contributed by atoms with van der Waals surface area (Å²) in [5, 5.41) is 7.00. The standard InChI is InChI=1S/C13H19IN2O/c1-10(8-13-9-17-7-6-15-13)16-12-4-2-11(14)3-5-12/h2-5,10,13,15-16H,6-9H2,1H3. The van der Waals surface area contributed by atoms with Gasteiger partial charge >= 0.3 is 0 Å². The van der Waals surface area contributed by atoms with Gasteiger partial charge in [0.2, 0.25) is 0 Å². The molecular weight excluding hydrogens is 327 g/mol. The van der Waals surface area contributed by atoms with Crippen molar-refractivity contribution in [1.29, 1.82) is 0 Å². The average Bonchev–Trinajstić information content (AvgIpc) is 2.33. The highest BCUT2D eigenvalue weighted by molar-refractivity contribution is 14.1. The third kappa shape index (κ3) is 4.44. The topological polar surface area (TPSA) is 33.3 Å². The van der Waals surface area contributed by atoms with Gasteiger partial charge in [0.05, 0.1) is 13.2 Å². The Labute approximate surface area is 116 Å². The second kappa shape index (κ2) is 6.56. The van der Waals surface area contributed by atoms with Crippen LogP contribution in [0.1, 0.15) is 13.3 Å². The Kier molecular flexibility index (Phi) is 5.06. The highest BCUT2D eigenvalue weighted by Gasteiger charge is 2.15. The number of hydrogen-bond acceptors (Lipinski definition) is 3. The second-order valence-electron chi connectivity index (χ2n) is 4.51. The van der Waals surface area contributed by atoms with Gasteiger partial charge < -0.3 is 15.4 Å². The molecule has 1 aliphatic heterocycles. The lowest BCUT2D eigenvalue weighted by Crippen LogP contribution is -2.43. The molecule has 1 aromatic carbocycles. The number of halogens is 1. The van der Waals surface area contributed by atoms with Crippen molar-refractivity contribution in [3.8, 4) is 0 Å². The summed E-state index contributed by atoms with van der Waals surface area (Å²) in [7, 11) is 0. The smallest absolute Gasteiger partial charge is 0.0621 e. The summed E-state index contributed by atoms with van der Waals surface area (Å²) in [6, 6.07) is 9.44. The highest BCUT2D eigenvalue weighted by atomic mass is 127. The van der Waals surface area contributed by atoms with Crippen molar-refractivity contribution in [2.24, 2.45) is 0 Å². The van der Waals surface area contributed by atoms with E-state index in [0.29, 0.717) is 12.1 Å². The number of nitrogens with one attached hydrogen (secondary N) is 2. The highest BCUT2D eigenvalue weighted by Crippen LogP contribution is 2.14. The minimum atomic E-state index is 0.453. The molecule has 3 nitrogen and oxygen atoms in total. The van der Waals surface area contributed by atoms with Crippen molar-refractivity contribution in [1.82, 2.24) is 5.32 Å². The van der Waals surface area contributed by atoms with Gasteiger partial charge in [-0.1, -0.05) is 0 Å². The van der Waals surface area contributed by atoms with Crippen molar-refractivity contribution in [2.45, 2.75) is 25.4 Å². The molecule has 4 heteroatoms. The van der Waals surface area contributed by atoms with E-state index in [9.17, 15) is 0 Å². The van der Waals surface area contributed by atoms with Crippen molar-refractivity contribution in [3.63, 3.8) is 0 Å².